The molecule has 0 radical (unpaired) electrons. The van der Waals surface area contributed by atoms with Crippen molar-refractivity contribution in [2.24, 2.45) is 5.92 Å². The summed E-state index contributed by atoms with van der Waals surface area (Å²) in [5, 5.41) is 2.51. The number of alkyl halides is 3. The minimum Gasteiger partial charge on any atom is -0.493 e. The van der Waals surface area contributed by atoms with Gasteiger partial charge < -0.3 is 24.6 Å². The first-order chi connectivity index (χ1) is 18.7. The molecule has 0 unspecified atom stereocenters. The van der Waals surface area contributed by atoms with Gasteiger partial charge in [-0.2, -0.15) is 17.6 Å². The third-order valence-corrected chi connectivity index (χ3v) is 8.00. The second-order valence-electron chi connectivity index (χ2n) is 10.5. The molecule has 0 spiro atoms. The third-order valence-electron chi connectivity index (χ3n) is 8.00. The third kappa shape index (κ3) is 5.24. The minimum atomic E-state index is -4.89. The molecule has 8 nitrogen and oxygen atoms in total. The van der Waals surface area contributed by atoms with E-state index in [4.69, 9.17) is 9.47 Å². The maximum atomic E-state index is 14.6. The summed E-state index contributed by atoms with van der Waals surface area (Å²) in [6.07, 6.45) is -4.55. The molecule has 1 N–H and O–H groups in total. The van der Waals surface area contributed by atoms with Crippen LogP contribution in [-0.4, -0.2) is 84.8 Å². The molecule has 0 bridgehead atoms. The number of likely N-dealkylation sites (tertiary alicyclic amines) is 1. The number of benzene rings is 1. The average molecular weight is 571 g/mol. The van der Waals surface area contributed by atoms with Gasteiger partial charge in [0.1, 0.15) is 11.8 Å². The summed E-state index contributed by atoms with van der Waals surface area (Å²) in [7, 11) is 4.90. The van der Waals surface area contributed by atoms with E-state index in [2.05, 4.69) is 10.3 Å². The van der Waals surface area contributed by atoms with Gasteiger partial charge in [-0.3, -0.25) is 14.6 Å². The lowest BCUT2D eigenvalue weighted by Gasteiger charge is -2.32. The number of ether oxygens (including phenoxy) is 2. The molecule has 13 heteroatoms. The molecule has 2 aliphatic rings. The van der Waals surface area contributed by atoms with Crippen LogP contribution in [0.15, 0.2) is 30.5 Å². The number of methoxy groups -OCH3 is 1. The Morgan fingerprint density at radius 3 is 2.52 bits per heavy atom. The summed E-state index contributed by atoms with van der Waals surface area (Å²) in [5.74, 6) is -7.31. The highest BCUT2D eigenvalue weighted by Crippen LogP contribution is 2.55. The van der Waals surface area contributed by atoms with Gasteiger partial charge in [0.2, 0.25) is 5.82 Å². The first-order valence-electron chi connectivity index (χ1n) is 12.7. The molecule has 2 amide bonds. The molecule has 2 aromatic rings. The zero-order valence-corrected chi connectivity index (χ0v) is 22.7. The fraction of sp³-hybridized carbons (Fsp3) is 0.519. The standard InChI is InChI=1S/C27H31F5N4O4/c1-14-20(17-6-7-18(28)21(29)22(17)39-5)23(40-26(14,2)27(30,31)32)24(37)34-15-8-10-33-19(12-15)25(38)36-11-9-16(13-36)35(3)4/h6-8,10,12,14,16,20,23H,9,11,13H2,1-5H3,(H,33,34,37)/t14-,16-,20-,23+,26+/m0/s1. The molecular weight excluding hydrogens is 539 g/mol. The Labute approximate surface area is 228 Å². The van der Waals surface area contributed by atoms with Crippen LogP contribution in [-0.2, 0) is 9.53 Å². The number of carbonyl (C=O) groups excluding carboxylic acids is 2. The van der Waals surface area contributed by atoms with Crippen molar-refractivity contribution in [3.8, 4) is 5.75 Å². The Kier molecular flexibility index (Phi) is 8.10. The van der Waals surface area contributed by atoms with Gasteiger partial charge in [0.05, 0.1) is 7.11 Å². The van der Waals surface area contributed by atoms with Crippen LogP contribution in [0, 0.1) is 17.6 Å². The summed E-state index contributed by atoms with van der Waals surface area (Å²) >= 11 is 0. The van der Waals surface area contributed by atoms with E-state index in [1.807, 2.05) is 19.0 Å². The smallest absolute Gasteiger partial charge is 0.417 e. The second kappa shape index (κ2) is 10.9. The molecule has 2 fully saturated rings. The Bertz CT molecular complexity index is 1290. The zero-order valence-electron chi connectivity index (χ0n) is 22.7. The lowest BCUT2D eigenvalue weighted by molar-refractivity contribution is -0.272. The summed E-state index contributed by atoms with van der Waals surface area (Å²) in [6, 6.07) is 4.76. The number of rotatable bonds is 6. The fourth-order valence-corrected chi connectivity index (χ4v) is 5.39. The van der Waals surface area contributed by atoms with Crippen molar-refractivity contribution in [3.05, 3.63) is 53.4 Å². The lowest BCUT2D eigenvalue weighted by atomic mass is 9.77. The number of pyridine rings is 1. The molecule has 4 rings (SSSR count). The Balaban J connectivity index is 1.64. The van der Waals surface area contributed by atoms with Gasteiger partial charge in [0.15, 0.2) is 17.2 Å². The highest BCUT2D eigenvalue weighted by molar-refractivity contribution is 5.98. The summed E-state index contributed by atoms with van der Waals surface area (Å²) < 4.78 is 81.3. The maximum Gasteiger partial charge on any atom is 0.417 e. The highest BCUT2D eigenvalue weighted by Gasteiger charge is 2.66. The first kappa shape index (κ1) is 29.7. The number of likely N-dealkylation sites (N-methyl/N-ethyl adjacent to an activating group) is 1. The van der Waals surface area contributed by atoms with Gasteiger partial charge in [0, 0.05) is 48.4 Å². The zero-order chi connectivity index (χ0) is 29.6. The SMILES string of the molecule is COc1c([C@H]2[C@H](C(=O)Nc3ccnc(C(=O)N4CC[C@H](N(C)C)C4)c3)O[C@@](C)(C(F)(F)F)[C@H]2C)ccc(F)c1F. The number of nitrogens with one attached hydrogen (secondary N) is 1. The number of amides is 2. The Morgan fingerprint density at radius 1 is 1.23 bits per heavy atom. The number of carbonyl (C=O) groups is 2. The summed E-state index contributed by atoms with van der Waals surface area (Å²) in [4.78, 5) is 34.2. The predicted molar refractivity (Wildman–Crippen MR) is 135 cm³/mol. The molecule has 0 saturated carbocycles. The first-order valence-corrected chi connectivity index (χ1v) is 12.7. The largest absolute Gasteiger partial charge is 0.493 e. The lowest BCUT2D eigenvalue weighted by Crippen LogP contribution is -2.47. The molecule has 2 saturated heterocycles. The van der Waals surface area contributed by atoms with Crippen molar-refractivity contribution in [3.63, 3.8) is 0 Å². The van der Waals surface area contributed by atoms with Crippen molar-refractivity contribution >= 4 is 17.5 Å². The van der Waals surface area contributed by atoms with Crippen LogP contribution in [0.2, 0.25) is 0 Å². The van der Waals surface area contributed by atoms with Gasteiger partial charge in [0.25, 0.3) is 11.8 Å². The van der Waals surface area contributed by atoms with Crippen molar-refractivity contribution in [2.45, 2.75) is 50.1 Å². The number of hydrogen-bond donors (Lipinski definition) is 1. The van der Waals surface area contributed by atoms with Gasteiger partial charge >= 0.3 is 6.18 Å². The highest BCUT2D eigenvalue weighted by atomic mass is 19.4. The van der Waals surface area contributed by atoms with E-state index in [1.165, 1.54) is 25.3 Å². The van der Waals surface area contributed by atoms with Crippen molar-refractivity contribution < 1.29 is 41.0 Å². The van der Waals surface area contributed by atoms with Crippen LogP contribution < -0.4 is 10.1 Å². The van der Waals surface area contributed by atoms with E-state index in [9.17, 15) is 31.5 Å². The molecule has 0 aliphatic carbocycles. The molecule has 3 heterocycles. The second-order valence-corrected chi connectivity index (χ2v) is 10.5. The minimum absolute atomic E-state index is 0.0527. The van der Waals surface area contributed by atoms with E-state index in [-0.39, 0.29) is 28.9 Å². The van der Waals surface area contributed by atoms with Gasteiger partial charge in [-0.25, -0.2) is 4.39 Å². The van der Waals surface area contributed by atoms with Crippen LogP contribution in [0.25, 0.3) is 0 Å². The molecule has 1 aromatic carbocycles. The van der Waals surface area contributed by atoms with Gasteiger partial charge in [-0.15, -0.1) is 0 Å². The summed E-state index contributed by atoms with van der Waals surface area (Å²) in [5.41, 5.74) is -2.76. The number of nitrogens with zero attached hydrogens (tertiary/aromatic N) is 3. The van der Waals surface area contributed by atoms with Crippen LogP contribution in [0.5, 0.6) is 5.75 Å². The molecule has 1 aromatic heterocycles. The van der Waals surface area contributed by atoms with E-state index in [1.54, 1.807) is 4.90 Å². The predicted octanol–water partition coefficient (Wildman–Crippen LogP) is 4.22. The van der Waals surface area contributed by atoms with E-state index >= 15 is 0 Å². The fourth-order valence-electron chi connectivity index (χ4n) is 5.39. The molecule has 218 valence electrons. The molecule has 40 heavy (non-hydrogen) atoms. The Hall–Kier alpha value is -3.32. The number of halogens is 5. The number of aromatic nitrogens is 1. The monoisotopic (exact) mass is 570 g/mol. The average Bonchev–Trinajstić information content (AvgIpc) is 3.49. The van der Waals surface area contributed by atoms with Crippen LogP contribution in [0.3, 0.4) is 0 Å². The van der Waals surface area contributed by atoms with Crippen molar-refractivity contribution in [1.29, 1.82) is 0 Å². The Morgan fingerprint density at radius 2 is 1.93 bits per heavy atom. The normalized spacial score (nSPS) is 26.8. The number of anilines is 1. The van der Waals surface area contributed by atoms with Crippen molar-refractivity contribution in [1.82, 2.24) is 14.8 Å². The van der Waals surface area contributed by atoms with Crippen LogP contribution >= 0.6 is 0 Å². The van der Waals surface area contributed by atoms with Gasteiger partial charge in [-0.05, 0) is 45.6 Å². The van der Waals surface area contributed by atoms with Gasteiger partial charge in [-0.1, -0.05) is 13.0 Å². The van der Waals surface area contributed by atoms with Crippen LogP contribution in [0.4, 0.5) is 27.6 Å². The topological polar surface area (TPSA) is 84.0 Å². The molecular formula is C27H31F5N4O4. The molecule has 2 aliphatic heterocycles. The quantitative estimate of drug-likeness (QED) is 0.524. The van der Waals surface area contributed by atoms with Crippen LogP contribution in [0.1, 0.15) is 42.2 Å². The summed E-state index contributed by atoms with van der Waals surface area (Å²) in [6.45, 7) is 3.07. The van der Waals surface area contributed by atoms with E-state index in [0.717, 1.165) is 32.6 Å². The molecule has 5 atom stereocenters. The van der Waals surface area contributed by atoms with Crippen molar-refractivity contribution in [2.75, 3.05) is 39.6 Å². The maximum absolute atomic E-state index is 14.6. The van der Waals surface area contributed by atoms with E-state index < -0.39 is 53.0 Å². The van der Waals surface area contributed by atoms with E-state index in [0.29, 0.717) is 13.1 Å². The number of hydrogen-bond acceptors (Lipinski definition) is 6.